The van der Waals surface area contributed by atoms with Crippen LogP contribution in [0, 0.1) is 24.7 Å². The molecule has 0 saturated heterocycles. The number of methoxy groups -OCH3 is 1. The third-order valence-electron chi connectivity index (χ3n) is 4.44. The Morgan fingerprint density at radius 3 is 2.64 bits per heavy atom. The van der Waals surface area contributed by atoms with Crippen LogP contribution < -0.4 is 4.74 Å². The molecule has 0 radical (unpaired) electrons. The molecule has 0 spiro atoms. The van der Waals surface area contributed by atoms with E-state index < -0.39 is 0 Å². The molecule has 3 nitrogen and oxygen atoms in total. The molecule has 0 aliphatic heterocycles. The summed E-state index contributed by atoms with van der Waals surface area (Å²) in [6, 6.07) is 6.36. The largest absolute Gasteiger partial charge is 0.493 e. The number of benzene rings is 1. The average Bonchev–Trinajstić information content (AvgIpc) is 3.23. The summed E-state index contributed by atoms with van der Waals surface area (Å²) >= 11 is 0. The van der Waals surface area contributed by atoms with Gasteiger partial charge in [-0.25, -0.2) is 0 Å². The molecular formula is C19H28O3. The van der Waals surface area contributed by atoms with Gasteiger partial charge in [-0.2, -0.15) is 0 Å². The first-order valence-corrected chi connectivity index (χ1v) is 8.23. The molecule has 3 heteroatoms. The predicted octanol–water partition coefficient (Wildman–Crippen LogP) is 4.33. The lowest BCUT2D eigenvalue weighted by atomic mass is 9.91. The normalized spacial score (nSPS) is 21.5. The molecule has 3 unspecified atom stereocenters. The Morgan fingerprint density at radius 1 is 1.32 bits per heavy atom. The third kappa shape index (κ3) is 4.25. The van der Waals surface area contributed by atoms with Gasteiger partial charge in [-0.3, -0.25) is 4.79 Å². The number of aryl methyl sites for hydroxylation is 1. The minimum atomic E-state index is -0.0497. The summed E-state index contributed by atoms with van der Waals surface area (Å²) in [6.07, 6.45) is 2.03. The van der Waals surface area contributed by atoms with Crippen LogP contribution in [-0.2, 0) is 9.53 Å². The highest BCUT2D eigenvalue weighted by molar-refractivity contribution is 5.75. The van der Waals surface area contributed by atoms with E-state index in [1.807, 2.05) is 0 Å². The lowest BCUT2D eigenvalue weighted by molar-refractivity contribution is -0.142. The maximum absolute atomic E-state index is 11.5. The van der Waals surface area contributed by atoms with Gasteiger partial charge in [0.25, 0.3) is 0 Å². The van der Waals surface area contributed by atoms with Crippen molar-refractivity contribution in [1.29, 1.82) is 0 Å². The Morgan fingerprint density at radius 2 is 2.05 bits per heavy atom. The molecular weight excluding hydrogens is 276 g/mol. The van der Waals surface area contributed by atoms with Crippen LogP contribution in [0.25, 0.3) is 0 Å². The second-order valence-corrected chi connectivity index (χ2v) is 6.99. The minimum Gasteiger partial charge on any atom is -0.493 e. The molecule has 1 aliphatic rings. The molecule has 1 aromatic carbocycles. The molecule has 0 heterocycles. The second kappa shape index (κ2) is 7.17. The van der Waals surface area contributed by atoms with E-state index >= 15 is 0 Å². The molecule has 1 saturated carbocycles. The molecule has 0 bridgehead atoms. The fraction of sp³-hybridized carbons (Fsp3) is 0.632. The van der Waals surface area contributed by atoms with Gasteiger partial charge < -0.3 is 9.47 Å². The molecule has 0 amide bonds. The molecule has 3 atom stereocenters. The molecule has 22 heavy (non-hydrogen) atoms. The van der Waals surface area contributed by atoms with Gasteiger partial charge in [0.15, 0.2) is 0 Å². The van der Waals surface area contributed by atoms with Gasteiger partial charge in [-0.15, -0.1) is 0 Å². The maximum Gasteiger partial charge on any atom is 0.308 e. The first kappa shape index (κ1) is 16.9. The average molecular weight is 304 g/mol. The van der Waals surface area contributed by atoms with Crippen molar-refractivity contribution in [3.05, 3.63) is 29.3 Å². The fourth-order valence-electron chi connectivity index (χ4n) is 3.08. The highest BCUT2D eigenvalue weighted by Gasteiger charge is 2.44. The summed E-state index contributed by atoms with van der Waals surface area (Å²) in [6.45, 7) is 9.42. The van der Waals surface area contributed by atoms with Crippen molar-refractivity contribution in [1.82, 2.24) is 0 Å². The number of esters is 1. The van der Waals surface area contributed by atoms with Gasteiger partial charge >= 0.3 is 5.97 Å². The van der Waals surface area contributed by atoms with Gasteiger partial charge in [0.2, 0.25) is 0 Å². The SMILES string of the molecule is COC(=O)C1CC1CC(C)c1ccc(OCC(C)C)cc1C. The van der Waals surface area contributed by atoms with Gasteiger partial charge in [0.1, 0.15) is 5.75 Å². The Labute approximate surface area is 134 Å². The van der Waals surface area contributed by atoms with Crippen LogP contribution in [0.15, 0.2) is 18.2 Å². The van der Waals surface area contributed by atoms with E-state index in [0.29, 0.717) is 17.8 Å². The molecule has 2 rings (SSSR count). The summed E-state index contributed by atoms with van der Waals surface area (Å²) < 4.78 is 10.6. The van der Waals surface area contributed by atoms with E-state index in [-0.39, 0.29) is 11.9 Å². The van der Waals surface area contributed by atoms with Crippen LogP contribution in [0.5, 0.6) is 5.75 Å². The van der Waals surface area contributed by atoms with Crippen molar-refractivity contribution < 1.29 is 14.3 Å². The van der Waals surface area contributed by atoms with Crippen molar-refractivity contribution in [3.8, 4) is 5.75 Å². The van der Waals surface area contributed by atoms with Crippen LogP contribution in [-0.4, -0.2) is 19.7 Å². The lowest BCUT2D eigenvalue weighted by Gasteiger charge is -2.16. The summed E-state index contributed by atoms with van der Waals surface area (Å²) in [5, 5.41) is 0. The van der Waals surface area contributed by atoms with Gasteiger partial charge in [0.05, 0.1) is 19.6 Å². The monoisotopic (exact) mass is 304 g/mol. The first-order valence-electron chi connectivity index (χ1n) is 8.23. The van der Waals surface area contributed by atoms with E-state index in [1.54, 1.807) is 0 Å². The molecule has 0 aromatic heterocycles. The molecule has 1 fully saturated rings. The summed E-state index contributed by atoms with van der Waals surface area (Å²) in [4.78, 5) is 11.5. The van der Waals surface area contributed by atoms with Gasteiger partial charge in [0, 0.05) is 0 Å². The number of carbonyl (C=O) groups excluding carboxylic acids is 1. The molecule has 1 aliphatic carbocycles. The number of ether oxygens (including phenoxy) is 2. The van der Waals surface area contributed by atoms with E-state index in [0.717, 1.165) is 25.2 Å². The number of hydrogen-bond donors (Lipinski definition) is 0. The van der Waals surface area contributed by atoms with E-state index in [9.17, 15) is 4.79 Å². The van der Waals surface area contributed by atoms with Gasteiger partial charge in [-0.1, -0.05) is 26.8 Å². The zero-order chi connectivity index (χ0) is 16.3. The zero-order valence-electron chi connectivity index (χ0n) is 14.4. The Bertz CT molecular complexity index is 521. The van der Waals surface area contributed by atoms with Crippen molar-refractivity contribution in [2.24, 2.45) is 17.8 Å². The quantitative estimate of drug-likeness (QED) is 0.703. The summed E-state index contributed by atoms with van der Waals surface area (Å²) in [5.74, 6) is 2.50. The van der Waals surface area contributed by atoms with E-state index in [1.165, 1.54) is 18.2 Å². The van der Waals surface area contributed by atoms with Crippen LogP contribution in [0.3, 0.4) is 0 Å². The standard InChI is InChI=1S/C19H28O3/c1-12(2)11-22-16-6-7-17(14(4)9-16)13(3)8-15-10-18(15)19(20)21-5/h6-7,9,12-13,15,18H,8,10-11H2,1-5H3. The highest BCUT2D eigenvalue weighted by atomic mass is 16.5. The molecule has 1 aromatic rings. The minimum absolute atomic E-state index is 0.0497. The van der Waals surface area contributed by atoms with Crippen molar-refractivity contribution in [3.63, 3.8) is 0 Å². The number of carbonyl (C=O) groups is 1. The van der Waals surface area contributed by atoms with E-state index in [4.69, 9.17) is 9.47 Å². The molecule has 0 N–H and O–H groups in total. The Hall–Kier alpha value is -1.51. The predicted molar refractivity (Wildman–Crippen MR) is 88.2 cm³/mol. The zero-order valence-corrected chi connectivity index (χ0v) is 14.4. The van der Waals surface area contributed by atoms with Gasteiger partial charge in [-0.05, 0) is 60.8 Å². The van der Waals surface area contributed by atoms with Crippen molar-refractivity contribution >= 4 is 5.97 Å². The van der Waals surface area contributed by atoms with Crippen molar-refractivity contribution in [2.45, 2.75) is 46.5 Å². The lowest BCUT2D eigenvalue weighted by Crippen LogP contribution is -2.07. The number of rotatable bonds is 7. The fourth-order valence-corrected chi connectivity index (χ4v) is 3.08. The van der Waals surface area contributed by atoms with Crippen LogP contribution >= 0.6 is 0 Å². The molecule has 122 valence electrons. The van der Waals surface area contributed by atoms with Crippen LogP contribution in [0.1, 0.15) is 50.7 Å². The van der Waals surface area contributed by atoms with Crippen LogP contribution in [0.2, 0.25) is 0 Å². The van der Waals surface area contributed by atoms with Crippen molar-refractivity contribution in [2.75, 3.05) is 13.7 Å². The smallest absolute Gasteiger partial charge is 0.308 e. The topological polar surface area (TPSA) is 35.5 Å². The second-order valence-electron chi connectivity index (χ2n) is 6.99. The first-order chi connectivity index (χ1) is 10.4. The highest BCUT2D eigenvalue weighted by Crippen LogP contribution is 2.46. The Balaban J connectivity index is 1.93. The summed E-state index contributed by atoms with van der Waals surface area (Å²) in [5.41, 5.74) is 2.62. The Kier molecular flexibility index (Phi) is 5.49. The third-order valence-corrected chi connectivity index (χ3v) is 4.44. The van der Waals surface area contributed by atoms with Crippen LogP contribution in [0.4, 0.5) is 0 Å². The maximum atomic E-state index is 11.5. The van der Waals surface area contributed by atoms with E-state index in [2.05, 4.69) is 45.9 Å². The number of hydrogen-bond acceptors (Lipinski definition) is 3. The summed E-state index contributed by atoms with van der Waals surface area (Å²) in [7, 11) is 1.47.